The third-order valence-corrected chi connectivity index (χ3v) is 3.93. The molecular formula is C22H19NO4. The molecule has 5 heteroatoms. The summed E-state index contributed by atoms with van der Waals surface area (Å²) in [5.74, 6) is -0.357. The van der Waals surface area contributed by atoms with Crippen LogP contribution in [0, 0.1) is 0 Å². The molecule has 3 aromatic rings. The maximum atomic E-state index is 12.2. The normalized spacial score (nSPS) is 10.1. The van der Waals surface area contributed by atoms with Gasteiger partial charge in [0.15, 0.2) is 0 Å². The number of hydrogen-bond donors (Lipinski definition) is 1. The van der Waals surface area contributed by atoms with E-state index in [2.05, 4.69) is 5.32 Å². The summed E-state index contributed by atoms with van der Waals surface area (Å²) in [4.78, 5) is 24.4. The molecule has 0 fully saturated rings. The number of anilines is 1. The Kier molecular flexibility index (Phi) is 5.84. The van der Waals surface area contributed by atoms with Gasteiger partial charge in [-0.25, -0.2) is 9.59 Å². The van der Waals surface area contributed by atoms with Crippen LogP contribution in [0.5, 0.6) is 5.75 Å². The van der Waals surface area contributed by atoms with Crippen LogP contribution in [0.1, 0.15) is 26.3 Å². The molecule has 0 spiro atoms. The van der Waals surface area contributed by atoms with Gasteiger partial charge in [0.1, 0.15) is 12.4 Å². The zero-order valence-electron chi connectivity index (χ0n) is 14.8. The molecule has 0 aromatic heterocycles. The van der Waals surface area contributed by atoms with E-state index in [0.29, 0.717) is 22.6 Å². The number of carbonyl (C=O) groups is 2. The predicted molar refractivity (Wildman–Crippen MR) is 103 cm³/mol. The minimum atomic E-state index is -0.437. The standard InChI is InChI=1S/C22H19NO4/c1-23-20-10-6-5-9-19(20)22(25)26-15-16-11-13-17(14-12-16)21(24)27-18-7-3-2-4-8-18/h2-14,23H,15H2,1H3. The van der Waals surface area contributed by atoms with E-state index >= 15 is 0 Å². The molecule has 27 heavy (non-hydrogen) atoms. The number of rotatable bonds is 6. The van der Waals surface area contributed by atoms with Crippen LogP contribution >= 0.6 is 0 Å². The molecule has 5 nitrogen and oxygen atoms in total. The zero-order chi connectivity index (χ0) is 19.1. The average molecular weight is 361 g/mol. The summed E-state index contributed by atoms with van der Waals surface area (Å²) >= 11 is 0. The summed E-state index contributed by atoms with van der Waals surface area (Å²) in [7, 11) is 1.75. The molecular weight excluding hydrogens is 342 g/mol. The maximum absolute atomic E-state index is 12.2. The molecule has 0 atom stereocenters. The van der Waals surface area contributed by atoms with Crippen molar-refractivity contribution >= 4 is 17.6 Å². The number of esters is 2. The summed E-state index contributed by atoms with van der Waals surface area (Å²) in [5.41, 5.74) is 2.39. The van der Waals surface area contributed by atoms with Gasteiger partial charge in [-0.2, -0.15) is 0 Å². The molecule has 0 saturated heterocycles. The van der Waals surface area contributed by atoms with Crippen molar-refractivity contribution in [1.82, 2.24) is 0 Å². The fourth-order valence-corrected chi connectivity index (χ4v) is 2.50. The smallest absolute Gasteiger partial charge is 0.343 e. The molecule has 136 valence electrons. The Labute approximate surface area is 157 Å². The van der Waals surface area contributed by atoms with Gasteiger partial charge in [0, 0.05) is 12.7 Å². The van der Waals surface area contributed by atoms with Gasteiger partial charge < -0.3 is 14.8 Å². The largest absolute Gasteiger partial charge is 0.457 e. The first kappa shape index (κ1) is 18.2. The van der Waals surface area contributed by atoms with Crippen molar-refractivity contribution in [3.8, 4) is 5.75 Å². The summed E-state index contributed by atoms with van der Waals surface area (Å²) in [5, 5.41) is 2.96. The topological polar surface area (TPSA) is 64.6 Å². The van der Waals surface area contributed by atoms with E-state index in [0.717, 1.165) is 5.56 Å². The van der Waals surface area contributed by atoms with Crippen LogP contribution in [0.15, 0.2) is 78.9 Å². The van der Waals surface area contributed by atoms with E-state index in [4.69, 9.17) is 9.47 Å². The van der Waals surface area contributed by atoms with E-state index in [9.17, 15) is 9.59 Å². The molecule has 0 aliphatic carbocycles. The number of para-hydroxylation sites is 2. The molecule has 0 heterocycles. The summed E-state index contributed by atoms with van der Waals surface area (Å²) in [6.07, 6.45) is 0. The van der Waals surface area contributed by atoms with Crippen molar-refractivity contribution in [2.75, 3.05) is 12.4 Å². The summed E-state index contributed by atoms with van der Waals surface area (Å²) < 4.78 is 10.6. The maximum Gasteiger partial charge on any atom is 0.343 e. The van der Waals surface area contributed by atoms with Crippen molar-refractivity contribution < 1.29 is 19.1 Å². The van der Waals surface area contributed by atoms with Gasteiger partial charge in [0.2, 0.25) is 0 Å². The molecule has 0 amide bonds. The number of benzene rings is 3. The molecule has 1 N–H and O–H groups in total. The Hall–Kier alpha value is -3.60. The molecule has 0 aliphatic rings. The average Bonchev–Trinajstić information content (AvgIpc) is 2.73. The van der Waals surface area contributed by atoms with Crippen LogP contribution in [-0.4, -0.2) is 19.0 Å². The zero-order valence-corrected chi connectivity index (χ0v) is 14.8. The molecule has 0 unspecified atom stereocenters. The first-order valence-corrected chi connectivity index (χ1v) is 8.47. The third-order valence-electron chi connectivity index (χ3n) is 3.93. The van der Waals surface area contributed by atoms with Gasteiger partial charge in [-0.05, 0) is 42.0 Å². The molecule has 0 saturated carbocycles. The number of nitrogens with one attached hydrogen (secondary N) is 1. The highest BCUT2D eigenvalue weighted by molar-refractivity contribution is 5.95. The van der Waals surface area contributed by atoms with Crippen LogP contribution in [0.3, 0.4) is 0 Å². The second kappa shape index (κ2) is 8.67. The third kappa shape index (κ3) is 4.73. The second-order valence-electron chi connectivity index (χ2n) is 5.77. The van der Waals surface area contributed by atoms with Crippen molar-refractivity contribution in [1.29, 1.82) is 0 Å². The van der Waals surface area contributed by atoms with E-state index in [1.54, 1.807) is 67.7 Å². The summed E-state index contributed by atoms with van der Waals surface area (Å²) in [6.45, 7) is 0.116. The Balaban J connectivity index is 1.59. The highest BCUT2D eigenvalue weighted by Gasteiger charge is 2.12. The molecule has 0 bridgehead atoms. The SMILES string of the molecule is CNc1ccccc1C(=O)OCc1ccc(C(=O)Oc2ccccc2)cc1. The molecule has 3 aromatic carbocycles. The second-order valence-corrected chi connectivity index (χ2v) is 5.77. The summed E-state index contributed by atoms with van der Waals surface area (Å²) in [6, 6.07) is 22.8. The fraction of sp³-hybridized carbons (Fsp3) is 0.0909. The Morgan fingerprint density at radius 1 is 0.815 bits per heavy atom. The minimum absolute atomic E-state index is 0.116. The lowest BCUT2D eigenvalue weighted by Crippen LogP contribution is -2.09. The van der Waals surface area contributed by atoms with Crippen molar-refractivity contribution in [2.45, 2.75) is 6.61 Å². The van der Waals surface area contributed by atoms with Crippen molar-refractivity contribution in [2.24, 2.45) is 0 Å². The molecule has 3 rings (SSSR count). The highest BCUT2D eigenvalue weighted by Crippen LogP contribution is 2.17. The van der Waals surface area contributed by atoms with Gasteiger partial charge >= 0.3 is 11.9 Å². The van der Waals surface area contributed by atoms with E-state index in [1.165, 1.54) is 0 Å². The van der Waals surface area contributed by atoms with Gasteiger partial charge in [0.25, 0.3) is 0 Å². The Morgan fingerprint density at radius 3 is 2.19 bits per heavy atom. The van der Waals surface area contributed by atoms with Gasteiger partial charge in [0.05, 0.1) is 11.1 Å². The molecule has 0 radical (unpaired) electrons. The van der Waals surface area contributed by atoms with Crippen LogP contribution < -0.4 is 10.1 Å². The van der Waals surface area contributed by atoms with Gasteiger partial charge in [-0.15, -0.1) is 0 Å². The Morgan fingerprint density at radius 2 is 1.48 bits per heavy atom. The van der Waals surface area contributed by atoms with Crippen LogP contribution in [0.25, 0.3) is 0 Å². The lowest BCUT2D eigenvalue weighted by molar-refractivity contribution is 0.0473. The predicted octanol–water partition coefficient (Wildman–Crippen LogP) is 4.30. The number of ether oxygens (including phenoxy) is 2. The van der Waals surface area contributed by atoms with Gasteiger partial charge in [-0.1, -0.05) is 42.5 Å². The Bertz CT molecular complexity index is 921. The van der Waals surface area contributed by atoms with Crippen LogP contribution in [0.2, 0.25) is 0 Å². The van der Waals surface area contributed by atoms with Crippen LogP contribution in [0.4, 0.5) is 5.69 Å². The van der Waals surface area contributed by atoms with Crippen molar-refractivity contribution in [3.05, 3.63) is 95.6 Å². The lowest BCUT2D eigenvalue weighted by atomic mass is 10.1. The minimum Gasteiger partial charge on any atom is -0.457 e. The highest BCUT2D eigenvalue weighted by atomic mass is 16.5. The van der Waals surface area contributed by atoms with E-state index in [1.807, 2.05) is 18.2 Å². The monoisotopic (exact) mass is 361 g/mol. The molecule has 0 aliphatic heterocycles. The van der Waals surface area contributed by atoms with Crippen LogP contribution in [-0.2, 0) is 11.3 Å². The fourth-order valence-electron chi connectivity index (χ4n) is 2.50. The van der Waals surface area contributed by atoms with E-state index in [-0.39, 0.29) is 6.61 Å². The van der Waals surface area contributed by atoms with Crippen molar-refractivity contribution in [3.63, 3.8) is 0 Å². The first-order valence-electron chi connectivity index (χ1n) is 8.47. The van der Waals surface area contributed by atoms with E-state index < -0.39 is 11.9 Å². The lowest BCUT2D eigenvalue weighted by Gasteiger charge is -2.09. The first-order chi connectivity index (χ1) is 13.2. The van der Waals surface area contributed by atoms with Gasteiger partial charge in [-0.3, -0.25) is 0 Å². The number of carbonyl (C=O) groups excluding carboxylic acids is 2. The number of hydrogen-bond acceptors (Lipinski definition) is 5. The quantitative estimate of drug-likeness (QED) is 0.524.